The summed E-state index contributed by atoms with van der Waals surface area (Å²) in [5, 5.41) is 9.17. The molecule has 3 atom stereocenters. The van der Waals surface area contributed by atoms with E-state index in [2.05, 4.69) is 13.8 Å². The maximum Gasteiger partial charge on any atom is 0.306 e. The van der Waals surface area contributed by atoms with Crippen LogP contribution >= 0.6 is 0 Å². The Morgan fingerprint density at radius 1 is 1.33 bits per heavy atom. The quantitative estimate of drug-likeness (QED) is 0.751. The summed E-state index contributed by atoms with van der Waals surface area (Å²) in [6.07, 6.45) is 3.98. The summed E-state index contributed by atoms with van der Waals surface area (Å²) in [6, 6.07) is 0. The molecule has 3 N–H and O–H groups in total. The zero-order valence-electron chi connectivity index (χ0n) is 9.78. The van der Waals surface area contributed by atoms with Gasteiger partial charge in [-0.15, -0.1) is 0 Å². The second-order valence-corrected chi connectivity index (χ2v) is 5.20. The first kappa shape index (κ1) is 12.5. The van der Waals surface area contributed by atoms with Crippen molar-refractivity contribution in [3.05, 3.63) is 0 Å². The predicted octanol–water partition coefficient (Wildman–Crippen LogP) is 2.11. The van der Waals surface area contributed by atoms with Gasteiger partial charge in [0.05, 0.1) is 5.92 Å². The third-order valence-electron chi connectivity index (χ3n) is 3.58. The second kappa shape index (κ2) is 5.50. The van der Waals surface area contributed by atoms with Crippen LogP contribution in [0.1, 0.15) is 39.5 Å². The Balaban J connectivity index is 2.61. The minimum atomic E-state index is -0.660. The lowest BCUT2D eigenvalue weighted by Gasteiger charge is -2.34. The highest BCUT2D eigenvalue weighted by atomic mass is 16.4. The smallest absolute Gasteiger partial charge is 0.306 e. The summed E-state index contributed by atoms with van der Waals surface area (Å²) in [5.41, 5.74) is 5.48. The molecule has 0 aromatic heterocycles. The summed E-state index contributed by atoms with van der Waals surface area (Å²) in [6.45, 7) is 4.93. The minimum Gasteiger partial charge on any atom is -0.481 e. The average molecular weight is 213 g/mol. The number of rotatable bonds is 4. The number of hydrogen-bond donors (Lipinski definition) is 2. The monoisotopic (exact) mass is 213 g/mol. The molecule has 0 saturated heterocycles. The number of hydrogen-bond acceptors (Lipinski definition) is 2. The second-order valence-electron chi connectivity index (χ2n) is 5.20. The van der Waals surface area contributed by atoms with E-state index < -0.39 is 5.97 Å². The van der Waals surface area contributed by atoms with Crippen molar-refractivity contribution >= 4 is 5.97 Å². The summed E-state index contributed by atoms with van der Waals surface area (Å²) in [7, 11) is 0. The van der Waals surface area contributed by atoms with Crippen molar-refractivity contribution in [2.24, 2.45) is 29.4 Å². The van der Waals surface area contributed by atoms with Gasteiger partial charge in [-0.25, -0.2) is 0 Å². The van der Waals surface area contributed by atoms with Crippen LogP contribution in [0.2, 0.25) is 0 Å². The molecule has 0 radical (unpaired) electrons. The fourth-order valence-corrected chi connectivity index (χ4v) is 3.08. The van der Waals surface area contributed by atoms with Gasteiger partial charge in [0.25, 0.3) is 0 Å². The van der Waals surface area contributed by atoms with Gasteiger partial charge >= 0.3 is 5.97 Å². The van der Waals surface area contributed by atoms with E-state index in [9.17, 15) is 9.90 Å². The van der Waals surface area contributed by atoms with Crippen LogP contribution in [-0.4, -0.2) is 17.6 Å². The average Bonchev–Trinajstić information content (AvgIpc) is 2.11. The van der Waals surface area contributed by atoms with E-state index in [1.807, 2.05) is 0 Å². The number of carboxylic acid groups (broad SMARTS) is 1. The predicted molar refractivity (Wildman–Crippen MR) is 60.5 cm³/mol. The van der Waals surface area contributed by atoms with Crippen LogP contribution in [0, 0.1) is 23.7 Å². The SMILES string of the molecule is CC1CC(C)CC(C(CCN)C(=O)O)C1. The van der Waals surface area contributed by atoms with Gasteiger partial charge in [0, 0.05) is 0 Å². The van der Waals surface area contributed by atoms with Crippen molar-refractivity contribution in [1.82, 2.24) is 0 Å². The lowest BCUT2D eigenvalue weighted by atomic mass is 9.71. The van der Waals surface area contributed by atoms with Crippen LogP contribution in [-0.2, 0) is 4.79 Å². The highest BCUT2D eigenvalue weighted by Gasteiger charge is 2.33. The van der Waals surface area contributed by atoms with Crippen LogP contribution < -0.4 is 5.73 Å². The molecule has 1 rings (SSSR count). The van der Waals surface area contributed by atoms with Crippen molar-refractivity contribution in [2.75, 3.05) is 6.54 Å². The fourth-order valence-electron chi connectivity index (χ4n) is 3.08. The normalized spacial score (nSPS) is 33.7. The van der Waals surface area contributed by atoms with Crippen molar-refractivity contribution in [2.45, 2.75) is 39.5 Å². The molecule has 1 aliphatic carbocycles. The summed E-state index contributed by atoms with van der Waals surface area (Å²) in [5.74, 6) is 0.786. The molecular weight excluding hydrogens is 190 g/mol. The van der Waals surface area contributed by atoms with E-state index in [0.29, 0.717) is 30.7 Å². The Labute approximate surface area is 92.0 Å². The van der Waals surface area contributed by atoms with Crippen LogP contribution in [0.15, 0.2) is 0 Å². The highest BCUT2D eigenvalue weighted by molar-refractivity contribution is 5.70. The third kappa shape index (κ3) is 3.49. The van der Waals surface area contributed by atoms with Gasteiger partial charge in [-0.3, -0.25) is 4.79 Å². The molecule has 0 spiro atoms. The molecule has 1 fully saturated rings. The summed E-state index contributed by atoms with van der Waals surface area (Å²) >= 11 is 0. The van der Waals surface area contributed by atoms with Gasteiger partial charge in [0.1, 0.15) is 0 Å². The standard InChI is InChI=1S/C12H23NO2/c1-8-5-9(2)7-10(6-8)11(3-4-13)12(14)15/h8-11H,3-7,13H2,1-2H3,(H,14,15). The fraction of sp³-hybridized carbons (Fsp3) is 0.917. The van der Waals surface area contributed by atoms with Crippen molar-refractivity contribution in [3.63, 3.8) is 0 Å². The molecule has 15 heavy (non-hydrogen) atoms. The van der Waals surface area contributed by atoms with Crippen LogP contribution in [0.3, 0.4) is 0 Å². The molecule has 1 aliphatic rings. The first-order valence-electron chi connectivity index (χ1n) is 5.97. The van der Waals surface area contributed by atoms with Gasteiger partial charge in [0.15, 0.2) is 0 Å². The molecule has 3 unspecified atom stereocenters. The van der Waals surface area contributed by atoms with E-state index in [1.54, 1.807) is 0 Å². The summed E-state index contributed by atoms with van der Waals surface area (Å²) < 4.78 is 0. The highest BCUT2D eigenvalue weighted by Crippen LogP contribution is 2.38. The Hall–Kier alpha value is -0.570. The minimum absolute atomic E-state index is 0.222. The van der Waals surface area contributed by atoms with E-state index in [1.165, 1.54) is 6.42 Å². The molecule has 0 amide bonds. The summed E-state index contributed by atoms with van der Waals surface area (Å²) in [4.78, 5) is 11.1. The van der Waals surface area contributed by atoms with Gasteiger partial charge in [-0.2, -0.15) is 0 Å². The van der Waals surface area contributed by atoms with E-state index in [4.69, 9.17) is 5.73 Å². The molecular formula is C12H23NO2. The van der Waals surface area contributed by atoms with Gasteiger partial charge in [0.2, 0.25) is 0 Å². The van der Waals surface area contributed by atoms with Gasteiger partial charge < -0.3 is 10.8 Å². The first-order valence-corrected chi connectivity index (χ1v) is 5.97. The molecule has 0 aromatic carbocycles. The van der Waals surface area contributed by atoms with E-state index in [0.717, 1.165) is 12.8 Å². The van der Waals surface area contributed by atoms with Crippen molar-refractivity contribution in [3.8, 4) is 0 Å². The third-order valence-corrected chi connectivity index (χ3v) is 3.58. The number of aliphatic carboxylic acids is 1. The Bertz CT molecular complexity index is 208. The van der Waals surface area contributed by atoms with Crippen LogP contribution in [0.5, 0.6) is 0 Å². The van der Waals surface area contributed by atoms with Gasteiger partial charge in [-0.05, 0) is 50.0 Å². The molecule has 1 saturated carbocycles. The topological polar surface area (TPSA) is 63.3 Å². The Morgan fingerprint density at radius 2 is 1.87 bits per heavy atom. The van der Waals surface area contributed by atoms with Crippen molar-refractivity contribution in [1.29, 1.82) is 0 Å². The lowest BCUT2D eigenvalue weighted by molar-refractivity contribution is -0.144. The molecule has 0 bridgehead atoms. The zero-order valence-corrected chi connectivity index (χ0v) is 9.78. The van der Waals surface area contributed by atoms with Crippen LogP contribution in [0.4, 0.5) is 0 Å². The largest absolute Gasteiger partial charge is 0.481 e. The van der Waals surface area contributed by atoms with Gasteiger partial charge in [-0.1, -0.05) is 13.8 Å². The maximum absolute atomic E-state index is 11.1. The molecule has 0 aliphatic heterocycles. The lowest BCUT2D eigenvalue weighted by Crippen LogP contribution is -2.32. The number of carbonyl (C=O) groups is 1. The maximum atomic E-state index is 11.1. The molecule has 0 heterocycles. The molecule has 3 nitrogen and oxygen atoms in total. The molecule has 0 aromatic rings. The van der Waals surface area contributed by atoms with Crippen LogP contribution in [0.25, 0.3) is 0 Å². The molecule has 3 heteroatoms. The first-order chi connectivity index (χ1) is 7.04. The van der Waals surface area contributed by atoms with Crippen molar-refractivity contribution < 1.29 is 9.90 Å². The number of nitrogens with two attached hydrogens (primary N) is 1. The number of carboxylic acids is 1. The zero-order chi connectivity index (χ0) is 11.4. The van der Waals surface area contributed by atoms with E-state index >= 15 is 0 Å². The van der Waals surface area contributed by atoms with E-state index in [-0.39, 0.29) is 5.92 Å². The molecule has 88 valence electrons. The Kier molecular flexibility index (Phi) is 4.58. The Morgan fingerprint density at radius 3 is 2.27 bits per heavy atom.